The van der Waals surface area contributed by atoms with Crippen LogP contribution in [0.1, 0.15) is 20.4 Å². The Balaban J connectivity index is 1.30. The van der Waals surface area contributed by atoms with Crippen molar-refractivity contribution in [1.29, 1.82) is 0 Å². The number of aromatic nitrogens is 2. The average molecular weight is 485 g/mol. The molecule has 0 aliphatic carbocycles. The van der Waals surface area contributed by atoms with E-state index in [0.29, 0.717) is 40.7 Å². The third-order valence-electron chi connectivity index (χ3n) is 5.64. The molecule has 5 rings (SSSR count). The van der Waals surface area contributed by atoms with Gasteiger partial charge in [0, 0.05) is 52.6 Å². The summed E-state index contributed by atoms with van der Waals surface area (Å²) in [6.07, 6.45) is 0. The lowest BCUT2D eigenvalue weighted by Crippen LogP contribution is -2.48. The molecule has 9 heteroatoms. The monoisotopic (exact) mass is 484 g/mol. The molecule has 1 fully saturated rings. The zero-order chi connectivity index (χ0) is 22.2. The highest BCUT2D eigenvalue weighted by Gasteiger charge is 2.24. The van der Waals surface area contributed by atoms with Crippen molar-refractivity contribution in [2.45, 2.75) is 13.5 Å². The number of aromatic amines is 1. The van der Waals surface area contributed by atoms with E-state index in [1.54, 1.807) is 0 Å². The smallest absolute Gasteiger partial charge is 0.264 e. The first-order valence-electron chi connectivity index (χ1n) is 10.3. The van der Waals surface area contributed by atoms with Gasteiger partial charge in [-0.05, 0) is 25.1 Å². The molecule has 4 aromatic rings. The van der Waals surface area contributed by atoms with Gasteiger partial charge in [-0.1, -0.05) is 29.8 Å². The van der Waals surface area contributed by atoms with Gasteiger partial charge in [0.1, 0.15) is 10.7 Å². The van der Waals surface area contributed by atoms with E-state index in [2.05, 4.69) is 9.88 Å². The molecule has 164 valence electrons. The van der Waals surface area contributed by atoms with Crippen LogP contribution in [0.2, 0.25) is 5.02 Å². The van der Waals surface area contributed by atoms with E-state index < -0.39 is 0 Å². The maximum atomic E-state index is 12.9. The SMILES string of the molecule is Cc1ccc(C(=O)N2CCN(Cc3nc4scc(-c5ccccc5Cl)c4c(=O)[nH]3)CC2)s1. The summed E-state index contributed by atoms with van der Waals surface area (Å²) in [6.45, 7) is 5.37. The number of piperazine rings is 1. The molecule has 1 N–H and O–H groups in total. The second-order valence-electron chi connectivity index (χ2n) is 7.80. The van der Waals surface area contributed by atoms with Crippen molar-refractivity contribution < 1.29 is 4.79 Å². The summed E-state index contributed by atoms with van der Waals surface area (Å²) >= 11 is 9.33. The van der Waals surface area contributed by atoms with Gasteiger partial charge in [-0.2, -0.15) is 0 Å². The van der Waals surface area contributed by atoms with Crippen LogP contribution in [0, 0.1) is 6.92 Å². The van der Waals surface area contributed by atoms with Crippen LogP contribution in [0.3, 0.4) is 0 Å². The lowest BCUT2D eigenvalue weighted by Gasteiger charge is -2.34. The van der Waals surface area contributed by atoms with Crippen LogP contribution in [0.4, 0.5) is 0 Å². The van der Waals surface area contributed by atoms with Crippen molar-refractivity contribution in [2.75, 3.05) is 26.2 Å². The molecule has 0 unspecified atom stereocenters. The Morgan fingerprint density at radius 1 is 1.12 bits per heavy atom. The van der Waals surface area contributed by atoms with Gasteiger partial charge < -0.3 is 9.88 Å². The number of carbonyl (C=O) groups is 1. The minimum absolute atomic E-state index is 0.0985. The van der Waals surface area contributed by atoms with Gasteiger partial charge in [0.05, 0.1) is 16.8 Å². The number of rotatable bonds is 4. The zero-order valence-electron chi connectivity index (χ0n) is 17.4. The maximum Gasteiger partial charge on any atom is 0.264 e. The third kappa shape index (κ3) is 4.11. The molecule has 0 bridgehead atoms. The molecule has 4 heterocycles. The summed E-state index contributed by atoms with van der Waals surface area (Å²) in [4.78, 5) is 40.0. The second-order valence-corrected chi connectivity index (χ2v) is 10.4. The van der Waals surface area contributed by atoms with E-state index in [1.165, 1.54) is 22.7 Å². The molecule has 1 saturated heterocycles. The van der Waals surface area contributed by atoms with Crippen molar-refractivity contribution in [3.8, 4) is 11.1 Å². The molecule has 0 atom stereocenters. The number of nitrogens with zero attached hydrogens (tertiary/aromatic N) is 3. The normalized spacial score (nSPS) is 14.9. The summed E-state index contributed by atoms with van der Waals surface area (Å²) in [5.41, 5.74) is 1.50. The maximum absolute atomic E-state index is 12.9. The summed E-state index contributed by atoms with van der Waals surface area (Å²) in [7, 11) is 0. The Kier molecular flexibility index (Phi) is 5.86. The number of thiophene rings is 2. The summed E-state index contributed by atoms with van der Waals surface area (Å²) in [5, 5.41) is 3.13. The Bertz CT molecular complexity index is 1350. The molecular weight excluding hydrogens is 464 g/mol. The van der Waals surface area contributed by atoms with Gasteiger partial charge >= 0.3 is 0 Å². The number of halogens is 1. The first-order valence-corrected chi connectivity index (χ1v) is 12.4. The van der Waals surface area contributed by atoms with Gasteiger partial charge in [0.15, 0.2) is 0 Å². The zero-order valence-corrected chi connectivity index (χ0v) is 19.8. The molecule has 1 aliphatic heterocycles. The number of fused-ring (bicyclic) bond motifs is 1. The number of benzene rings is 1. The van der Waals surface area contributed by atoms with E-state index in [1.807, 2.05) is 53.6 Å². The summed E-state index contributed by atoms with van der Waals surface area (Å²) in [5.74, 6) is 0.741. The van der Waals surface area contributed by atoms with Crippen molar-refractivity contribution in [3.05, 3.63) is 72.7 Å². The summed E-state index contributed by atoms with van der Waals surface area (Å²) < 4.78 is 0. The van der Waals surface area contributed by atoms with Crippen LogP contribution in [0.5, 0.6) is 0 Å². The van der Waals surface area contributed by atoms with Crippen molar-refractivity contribution in [3.63, 3.8) is 0 Å². The molecule has 1 amide bonds. The van der Waals surface area contributed by atoms with E-state index in [-0.39, 0.29) is 11.5 Å². The van der Waals surface area contributed by atoms with Crippen LogP contribution >= 0.6 is 34.3 Å². The number of hydrogen-bond donors (Lipinski definition) is 1. The number of hydrogen-bond acceptors (Lipinski definition) is 6. The van der Waals surface area contributed by atoms with Crippen LogP contribution in [-0.4, -0.2) is 51.9 Å². The van der Waals surface area contributed by atoms with Gasteiger partial charge in [0.2, 0.25) is 0 Å². The Labute approximate surface area is 198 Å². The van der Waals surface area contributed by atoms with E-state index >= 15 is 0 Å². The predicted molar refractivity (Wildman–Crippen MR) is 131 cm³/mol. The molecule has 1 aromatic carbocycles. The highest BCUT2D eigenvalue weighted by Crippen LogP contribution is 2.34. The Morgan fingerprint density at radius 2 is 1.91 bits per heavy atom. The molecule has 0 spiro atoms. The first kappa shape index (κ1) is 21.3. The number of carbonyl (C=O) groups excluding carboxylic acids is 1. The second kappa shape index (κ2) is 8.78. The molecule has 3 aromatic heterocycles. The minimum atomic E-state index is -0.150. The van der Waals surface area contributed by atoms with Crippen LogP contribution in [0.25, 0.3) is 21.3 Å². The topological polar surface area (TPSA) is 69.3 Å². The largest absolute Gasteiger partial charge is 0.335 e. The molecule has 0 radical (unpaired) electrons. The fraction of sp³-hybridized carbons (Fsp3) is 0.261. The molecule has 0 saturated carbocycles. The van der Waals surface area contributed by atoms with Gasteiger partial charge in [-0.3, -0.25) is 14.5 Å². The third-order valence-corrected chi connectivity index (χ3v) is 7.83. The minimum Gasteiger partial charge on any atom is -0.335 e. The molecule has 1 aliphatic rings. The van der Waals surface area contributed by atoms with Gasteiger partial charge in [-0.25, -0.2) is 4.98 Å². The average Bonchev–Trinajstić information content (AvgIpc) is 3.41. The lowest BCUT2D eigenvalue weighted by molar-refractivity contribution is 0.0630. The number of nitrogens with one attached hydrogen (secondary N) is 1. The van der Waals surface area contributed by atoms with Crippen molar-refractivity contribution >= 4 is 50.4 Å². The summed E-state index contributed by atoms with van der Waals surface area (Å²) in [6, 6.07) is 11.4. The van der Waals surface area contributed by atoms with Crippen LogP contribution < -0.4 is 5.56 Å². The number of aryl methyl sites for hydroxylation is 1. The van der Waals surface area contributed by atoms with Crippen LogP contribution in [0.15, 0.2) is 46.6 Å². The van der Waals surface area contributed by atoms with E-state index in [4.69, 9.17) is 16.6 Å². The fourth-order valence-electron chi connectivity index (χ4n) is 3.97. The molecule has 32 heavy (non-hydrogen) atoms. The molecule has 6 nitrogen and oxygen atoms in total. The van der Waals surface area contributed by atoms with Gasteiger partial charge in [-0.15, -0.1) is 22.7 Å². The standard InChI is InChI=1S/C23H21ClN4O2S2/c1-14-6-7-18(32-14)23(30)28-10-8-27(9-11-28)12-19-25-21(29)20-16(13-31-22(20)26-19)15-4-2-3-5-17(15)24/h2-7,13H,8-12H2,1H3,(H,25,26,29). The highest BCUT2D eigenvalue weighted by atomic mass is 35.5. The first-order chi connectivity index (χ1) is 15.5. The predicted octanol–water partition coefficient (Wildman–Crippen LogP) is 4.63. The Morgan fingerprint density at radius 3 is 2.62 bits per heavy atom. The quantitative estimate of drug-likeness (QED) is 0.458. The number of amides is 1. The number of H-pyrrole nitrogens is 1. The van der Waals surface area contributed by atoms with Crippen LogP contribution in [-0.2, 0) is 6.54 Å². The molecular formula is C23H21ClN4O2S2. The van der Waals surface area contributed by atoms with E-state index in [0.717, 1.165) is 34.0 Å². The van der Waals surface area contributed by atoms with Gasteiger partial charge in [0.25, 0.3) is 11.5 Å². The Hall–Kier alpha value is -2.52. The fourth-order valence-corrected chi connectivity index (χ4v) is 6.00. The van der Waals surface area contributed by atoms with Crippen molar-refractivity contribution in [1.82, 2.24) is 19.8 Å². The highest BCUT2D eigenvalue weighted by molar-refractivity contribution is 7.17. The van der Waals surface area contributed by atoms with Crippen molar-refractivity contribution in [2.24, 2.45) is 0 Å². The van der Waals surface area contributed by atoms with E-state index in [9.17, 15) is 9.59 Å². The lowest BCUT2D eigenvalue weighted by atomic mass is 10.1.